The fraction of sp³-hybridized carbons (Fsp3) is 0.318. The number of aromatic nitrogens is 5. The quantitative estimate of drug-likeness (QED) is 0.563. The summed E-state index contributed by atoms with van der Waals surface area (Å²) in [6.45, 7) is 1.52. The monoisotopic (exact) mass is 385 g/mol. The molecule has 1 aromatic carbocycles. The lowest BCUT2D eigenvalue weighted by Crippen LogP contribution is -2.33. The van der Waals surface area contributed by atoms with Gasteiger partial charge in [0.15, 0.2) is 5.65 Å². The summed E-state index contributed by atoms with van der Waals surface area (Å²) >= 11 is 0. The van der Waals surface area contributed by atoms with Crippen molar-refractivity contribution in [1.82, 2.24) is 29.7 Å². The van der Waals surface area contributed by atoms with E-state index in [2.05, 4.69) is 39.0 Å². The van der Waals surface area contributed by atoms with E-state index in [-0.39, 0.29) is 5.54 Å². The Bertz CT molecular complexity index is 1170. The molecule has 7 heteroatoms. The van der Waals surface area contributed by atoms with E-state index in [1.54, 1.807) is 6.20 Å². The molecule has 4 heterocycles. The zero-order valence-electron chi connectivity index (χ0n) is 16.2. The summed E-state index contributed by atoms with van der Waals surface area (Å²) in [5.74, 6) is 1.04. The number of fused-ring (bicyclic) bond motifs is 3. The lowest BCUT2D eigenvalue weighted by atomic mass is 9.94. The SMILES string of the molecule is c1ccc(-n2cccn2)c(CNc2c3c(nc4ccnn24)C2(CCCC2)NC3)c1. The lowest BCUT2D eigenvalue weighted by Gasteiger charge is -2.24. The highest BCUT2D eigenvalue weighted by molar-refractivity contribution is 5.59. The predicted octanol–water partition coefficient (Wildman–Crippen LogP) is 3.40. The Hall–Kier alpha value is -3.19. The third-order valence-electron chi connectivity index (χ3n) is 6.34. The summed E-state index contributed by atoms with van der Waals surface area (Å²) in [7, 11) is 0. The Labute approximate surface area is 168 Å². The summed E-state index contributed by atoms with van der Waals surface area (Å²) in [5, 5.41) is 16.4. The van der Waals surface area contributed by atoms with Crippen molar-refractivity contribution in [2.75, 3.05) is 5.32 Å². The topological polar surface area (TPSA) is 72.1 Å². The largest absolute Gasteiger partial charge is 0.365 e. The number of nitrogens with one attached hydrogen (secondary N) is 2. The van der Waals surface area contributed by atoms with Crippen LogP contribution in [0.25, 0.3) is 11.3 Å². The molecule has 0 bridgehead atoms. The van der Waals surface area contributed by atoms with Gasteiger partial charge in [-0.2, -0.15) is 14.7 Å². The van der Waals surface area contributed by atoms with E-state index in [0.29, 0.717) is 6.54 Å². The number of benzene rings is 1. The molecule has 1 aliphatic heterocycles. The number of rotatable bonds is 4. The van der Waals surface area contributed by atoms with Crippen molar-refractivity contribution in [3.8, 4) is 5.69 Å². The molecule has 0 atom stereocenters. The number of hydrogen-bond donors (Lipinski definition) is 2. The van der Waals surface area contributed by atoms with E-state index in [4.69, 9.17) is 4.98 Å². The van der Waals surface area contributed by atoms with Gasteiger partial charge >= 0.3 is 0 Å². The molecular weight excluding hydrogens is 362 g/mol. The zero-order valence-corrected chi connectivity index (χ0v) is 16.2. The van der Waals surface area contributed by atoms with Crippen LogP contribution in [0.5, 0.6) is 0 Å². The molecule has 2 N–H and O–H groups in total. The summed E-state index contributed by atoms with van der Waals surface area (Å²) in [6.07, 6.45) is 10.5. The molecule has 1 fully saturated rings. The van der Waals surface area contributed by atoms with Crippen LogP contribution in [0.4, 0.5) is 5.82 Å². The van der Waals surface area contributed by atoms with E-state index < -0.39 is 0 Å². The minimum absolute atomic E-state index is 0.0464. The number of anilines is 1. The smallest absolute Gasteiger partial charge is 0.157 e. The first-order chi connectivity index (χ1) is 14.3. The van der Waals surface area contributed by atoms with Crippen LogP contribution in [-0.4, -0.2) is 24.4 Å². The molecule has 1 aliphatic carbocycles. The fourth-order valence-electron chi connectivity index (χ4n) is 4.93. The van der Waals surface area contributed by atoms with Gasteiger partial charge in [-0.15, -0.1) is 0 Å². The normalized spacial score (nSPS) is 17.2. The first-order valence-electron chi connectivity index (χ1n) is 10.3. The highest BCUT2D eigenvalue weighted by atomic mass is 15.3. The number of para-hydroxylation sites is 1. The summed E-state index contributed by atoms with van der Waals surface area (Å²) in [4.78, 5) is 5.01. The zero-order chi connectivity index (χ0) is 19.3. The average molecular weight is 385 g/mol. The van der Waals surface area contributed by atoms with Gasteiger partial charge < -0.3 is 10.6 Å². The maximum Gasteiger partial charge on any atom is 0.157 e. The Morgan fingerprint density at radius 3 is 2.79 bits per heavy atom. The molecule has 3 aromatic heterocycles. The Morgan fingerprint density at radius 1 is 1.03 bits per heavy atom. The van der Waals surface area contributed by atoms with Crippen molar-refractivity contribution in [3.63, 3.8) is 0 Å². The van der Waals surface area contributed by atoms with E-state index in [9.17, 15) is 0 Å². The summed E-state index contributed by atoms with van der Waals surface area (Å²) in [6, 6.07) is 12.3. The molecular formula is C22H23N7. The minimum Gasteiger partial charge on any atom is -0.365 e. The van der Waals surface area contributed by atoms with Crippen LogP contribution in [0.2, 0.25) is 0 Å². The van der Waals surface area contributed by atoms with Crippen LogP contribution in [0.3, 0.4) is 0 Å². The maximum absolute atomic E-state index is 5.01. The first kappa shape index (κ1) is 16.7. The van der Waals surface area contributed by atoms with E-state index in [1.807, 2.05) is 39.8 Å². The molecule has 146 valence electrons. The van der Waals surface area contributed by atoms with Gasteiger partial charge in [-0.05, 0) is 30.5 Å². The molecule has 0 unspecified atom stereocenters. The molecule has 4 aromatic rings. The molecule has 1 spiro atoms. The molecule has 7 nitrogen and oxygen atoms in total. The van der Waals surface area contributed by atoms with Crippen molar-refractivity contribution < 1.29 is 0 Å². The average Bonchev–Trinajstić information content (AvgIpc) is 3.55. The van der Waals surface area contributed by atoms with Gasteiger partial charge in [0.1, 0.15) is 5.82 Å². The standard InChI is InChI=1S/C22H23N7/c1-2-7-18(28-13-5-11-25-28)16(6-1)14-23-21-17-15-24-22(9-3-4-10-22)20(17)27-19-8-12-26-29(19)21/h1-2,5-8,11-13,23-24H,3-4,9-10,14-15H2. The molecule has 6 rings (SSSR count). The minimum atomic E-state index is 0.0464. The number of hydrogen-bond acceptors (Lipinski definition) is 5. The van der Waals surface area contributed by atoms with Crippen LogP contribution in [0.1, 0.15) is 42.5 Å². The maximum atomic E-state index is 5.01. The summed E-state index contributed by atoms with van der Waals surface area (Å²) in [5.41, 5.74) is 5.68. The predicted molar refractivity (Wildman–Crippen MR) is 111 cm³/mol. The third-order valence-corrected chi connectivity index (χ3v) is 6.34. The van der Waals surface area contributed by atoms with Crippen LogP contribution >= 0.6 is 0 Å². The van der Waals surface area contributed by atoms with Gasteiger partial charge in [0, 0.05) is 37.1 Å². The second-order valence-corrected chi connectivity index (χ2v) is 7.96. The van der Waals surface area contributed by atoms with Crippen LogP contribution in [0, 0.1) is 0 Å². The van der Waals surface area contributed by atoms with Crippen LogP contribution in [-0.2, 0) is 18.6 Å². The van der Waals surface area contributed by atoms with Crippen molar-refractivity contribution >= 4 is 11.5 Å². The van der Waals surface area contributed by atoms with Gasteiger partial charge in [-0.25, -0.2) is 9.67 Å². The van der Waals surface area contributed by atoms with E-state index >= 15 is 0 Å². The Balaban J connectivity index is 1.40. The van der Waals surface area contributed by atoms with Gasteiger partial charge in [-0.3, -0.25) is 0 Å². The highest BCUT2D eigenvalue weighted by Gasteiger charge is 2.43. The third kappa shape index (κ3) is 2.57. The van der Waals surface area contributed by atoms with Crippen molar-refractivity contribution in [2.45, 2.75) is 44.3 Å². The Morgan fingerprint density at radius 2 is 1.93 bits per heavy atom. The first-order valence-corrected chi connectivity index (χ1v) is 10.3. The van der Waals surface area contributed by atoms with E-state index in [1.165, 1.54) is 42.5 Å². The van der Waals surface area contributed by atoms with Gasteiger partial charge in [-0.1, -0.05) is 31.0 Å². The van der Waals surface area contributed by atoms with Crippen molar-refractivity contribution in [1.29, 1.82) is 0 Å². The van der Waals surface area contributed by atoms with E-state index in [0.717, 1.165) is 23.7 Å². The van der Waals surface area contributed by atoms with Gasteiger partial charge in [0.25, 0.3) is 0 Å². The van der Waals surface area contributed by atoms with Crippen LogP contribution in [0.15, 0.2) is 55.0 Å². The molecule has 2 aliphatic rings. The molecule has 0 radical (unpaired) electrons. The molecule has 0 amide bonds. The number of nitrogens with zero attached hydrogens (tertiary/aromatic N) is 5. The Kier molecular flexibility index (Phi) is 3.70. The van der Waals surface area contributed by atoms with Gasteiger partial charge in [0.2, 0.25) is 0 Å². The fourth-order valence-corrected chi connectivity index (χ4v) is 4.93. The lowest BCUT2D eigenvalue weighted by molar-refractivity contribution is 0.365. The molecule has 1 saturated carbocycles. The highest BCUT2D eigenvalue weighted by Crippen LogP contribution is 2.45. The van der Waals surface area contributed by atoms with Crippen molar-refractivity contribution in [2.24, 2.45) is 0 Å². The second kappa shape index (κ2) is 6.42. The summed E-state index contributed by atoms with van der Waals surface area (Å²) < 4.78 is 3.84. The van der Waals surface area contributed by atoms with Crippen molar-refractivity contribution in [3.05, 3.63) is 71.8 Å². The second-order valence-electron chi connectivity index (χ2n) is 7.96. The van der Waals surface area contributed by atoms with Crippen LogP contribution < -0.4 is 10.6 Å². The van der Waals surface area contributed by atoms with Gasteiger partial charge in [0.05, 0.1) is 23.1 Å². The molecule has 29 heavy (non-hydrogen) atoms. The molecule has 0 saturated heterocycles.